The highest BCUT2D eigenvalue weighted by Gasteiger charge is 2.59. The number of ketones is 5. The second-order valence-electron chi connectivity index (χ2n) is 36.5. The molecule has 624 valence electrons. The first kappa shape index (κ1) is 91.6. The van der Waals surface area contributed by atoms with E-state index < -0.39 is 69.8 Å². The molecule has 19 atom stereocenters. The highest BCUT2D eigenvalue weighted by atomic mass is 16.6. The maximum Gasteiger partial charge on any atom is 0.307 e. The topological polar surface area (TPSA) is 303 Å². The fraction of sp³-hybridized carbons (Fsp3) is 0.617. The molecule has 8 unspecified atom stereocenters. The van der Waals surface area contributed by atoms with Crippen molar-refractivity contribution in [2.24, 2.45) is 50.7 Å². The van der Waals surface area contributed by atoms with E-state index in [1.54, 1.807) is 32.1 Å². The molecule has 7 saturated heterocycles. The maximum atomic E-state index is 12.5. The molecule has 7 aliphatic heterocycles. The van der Waals surface area contributed by atoms with Crippen molar-refractivity contribution in [1.82, 2.24) is 0 Å². The molecule has 0 saturated carbocycles. The molecule has 0 bridgehead atoms. The summed E-state index contributed by atoms with van der Waals surface area (Å²) in [7, 11) is 0. The molecule has 3 N–H and O–H groups in total. The van der Waals surface area contributed by atoms with E-state index in [1.807, 2.05) is 96.2 Å². The Bertz CT molecular complexity index is 3950. The molecule has 0 aromatic carbocycles. The van der Waals surface area contributed by atoms with E-state index in [-0.39, 0.29) is 126 Å². The average molecular weight is 1580 g/mol. The zero-order chi connectivity index (χ0) is 84.4. The number of carbonyl (C=O) groups excluding carboxylic acids is 10. The van der Waals surface area contributed by atoms with Crippen molar-refractivity contribution in [2.45, 2.75) is 318 Å². The minimum Gasteiger partial charge on any atom is -0.457 e. The number of esters is 5. The zero-order valence-electron chi connectivity index (χ0n) is 70.7. The van der Waals surface area contributed by atoms with Crippen LogP contribution in [-0.4, -0.2) is 146 Å². The van der Waals surface area contributed by atoms with Gasteiger partial charge in [0.15, 0.2) is 28.9 Å². The monoisotopic (exact) mass is 1580 g/mol. The molecule has 20 nitrogen and oxygen atoms in total. The summed E-state index contributed by atoms with van der Waals surface area (Å²) in [6.45, 7) is 41.6. The van der Waals surface area contributed by atoms with Crippen LogP contribution in [0.5, 0.6) is 0 Å². The maximum absolute atomic E-state index is 12.5. The Hall–Kier alpha value is -7.88. The average Bonchev–Trinajstić information content (AvgIpc) is 1.61. The Kier molecular flexibility index (Phi) is 30.6. The van der Waals surface area contributed by atoms with Crippen LogP contribution in [0.25, 0.3) is 0 Å². The smallest absolute Gasteiger partial charge is 0.307 e. The Balaban J connectivity index is 0.000000178. The third-order valence-electron chi connectivity index (χ3n) is 24.9. The fourth-order valence-electron chi connectivity index (χ4n) is 17.7. The van der Waals surface area contributed by atoms with Crippen molar-refractivity contribution in [3.8, 4) is 0 Å². The van der Waals surface area contributed by atoms with Crippen LogP contribution in [-0.2, 0) is 81.1 Å². The molecule has 0 aromatic rings. The lowest BCUT2D eigenvalue weighted by Gasteiger charge is -2.39. The number of Topliss-reactive ketones (excluding diaryl/α,β-unsaturated/α-hetero) is 1. The summed E-state index contributed by atoms with van der Waals surface area (Å²) in [4.78, 5) is 121. The number of hydrogen-bond acceptors (Lipinski definition) is 20. The van der Waals surface area contributed by atoms with Gasteiger partial charge < -0.3 is 48.5 Å². The van der Waals surface area contributed by atoms with Crippen LogP contribution < -0.4 is 0 Å². The van der Waals surface area contributed by atoms with E-state index in [1.165, 1.54) is 23.3 Å². The van der Waals surface area contributed by atoms with Crippen molar-refractivity contribution in [1.29, 1.82) is 0 Å². The molecule has 0 amide bonds. The van der Waals surface area contributed by atoms with Crippen molar-refractivity contribution in [2.75, 3.05) is 0 Å². The van der Waals surface area contributed by atoms with Crippen LogP contribution >= 0.6 is 0 Å². The molecule has 12 aliphatic rings. The van der Waals surface area contributed by atoms with Crippen molar-refractivity contribution in [3.63, 3.8) is 0 Å². The third kappa shape index (κ3) is 23.1. The largest absolute Gasteiger partial charge is 0.457 e. The minimum absolute atomic E-state index is 0.000883. The lowest BCUT2D eigenvalue weighted by molar-refractivity contribution is -0.141. The van der Waals surface area contributed by atoms with Gasteiger partial charge in [-0.15, -0.1) is 0 Å². The highest BCUT2D eigenvalue weighted by Crippen LogP contribution is 2.52. The van der Waals surface area contributed by atoms with Gasteiger partial charge >= 0.3 is 29.8 Å². The normalized spacial score (nSPS) is 35.1. The molecular formula is C94H128O20. The van der Waals surface area contributed by atoms with Gasteiger partial charge in [-0.25, -0.2) is 0 Å². The van der Waals surface area contributed by atoms with Crippen LogP contribution in [0.15, 0.2) is 155 Å². The number of hydrogen-bond donors (Lipinski definition) is 3. The van der Waals surface area contributed by atoms with Gasteiger partial charge in [-0.2, -0.15) is 0 Å². The Labute approximate surface area is 675 Å². The number of cyclic esters (lactones) is 5. The predicted molar refractivity (Wildman–Crippen MR) is 435 cm³/mol. The number of allylic oxidation sites excluding steroid dienone is 16. The lowest BCUT2D eigenvalue weighted by atomic mass is 9.67. The number of rotatable bonds is 22. The van der Waals surface area contributed by atoms with E-state index in [4.69, 9.17) is 33.2 Å². The molecule has 5 spiro atoms. The second-order valence-corrected chi connectivity index (χ2v) is 36.5. The number of epoxide rings is 2. The predicted octanol–water partition coefficient (Wildman–Crippen LogP) is 15.8. The molecule has 20 heteroatoms. The van der Waals surface area contributed by atoms with Gasteiger partial charge in [-0.05, 0) is 264 Å². The van der Waals surface area contributed by atoms with Gasteiger partial charge in [0.1, 0.15) is 30.5 Å². The first-order valence-corrected chi connectivity index (χ1v) is 41.1. The van der Waals surface area contributed by atoms with Gasteiger partial charge in [0.2, 0.25) is 0 Å². The van der Waals surface area contributed by atoms with Crippen LogP contribution in [0.1, 0.15) is 246 Å². The number of carbonyl (C=O) groups is 10. The van der Waals surface area contributed by atoms with Gasteiger partial charge in [-0.1, -0.05) is 122 Å². The Morgan fingerprint density at radius 3 is 1.15 bits per heavy atom. The van der Waals surface area contributed by atoms with Crippen molar-refractivity contribution in [3.05, 3.63) is 155 Å². The van der Waals surface area contributed by atoms with E-state index in [2.05, 4.69) is 87.6 Å². The molecule has 114 heavy (non-hydrogen) atoms. The molecule has 0 radical (unpaired) electrons. The first-order valence-electron chi connectivity index (χ1n) is 41.1. The SMILES string of the molecule is C/C(=C\[C@H]1OC(=O)CC12C[C@H](C)C=CC2=O)CCC1OC1(C)C.C/C(=C\[C@H]1OC(=O)CC12C[C@H](O)C=CC2=O)CCC1OC1(C)C.C=C(C)C(=O)CC/C(C)=C/[C@H]1OC(=O)CC12C[C@H](C)C=CC2=O.C=C(C)C(O)CC/C(C)=C/[C@H]1OC(=O)CC12C[C@H](C)C=CC2=O.CC(C)=CCC/C(C)=C/[C@H]1OC(=O)CC12C[C@H](C)C=C[C@H]2O. The molecule has 5 aliphatic carbocycles. The third-order valence-corrected chi connectivity index (χ3v) is 24.9. The van der Waals surface area contributed by atoms with Gasteiger partial charge in [0.25, 0.3) is 0 Å². The van der Waals surface area contributed by atoms with E-state index in [0.29, 0.717) is 74.9 Å². The summed E-state index contributed by atoms with van der Waals surface area (Å²) in [5.74, 6) is -0.442. The van der Waals surface area contributed by atoms with E-state index in [9.17, 15) is 63.3 Å². The zero-order valence-corrected chi connectivity index (χ0v) is 70.7. The van der Waals surface area contributed by atoms with Crippen LogP contribution in [0.3, 0.4) is 0 Å². The number of aliphatic hydroxyl groups excluding tert-OH is 3. The Morgan fingerprint density at radius 2 is 0.772 bits per heavy atom. The van der Waals surface area contributed by atoms with E-state index in [0.717, 1.165) is 72.8 Å². The summed E-state index contributed by atoms with van der Waals surface area (Å²) in [5.41, 5.74) is 4.34. The standard InChI is InChI=1S/2C19H26O4.C19H24O4.C19H28O3.C18H24O5/c1-12(6-8-15-18(3,4)23-15)9-16-19(11-17(21)22-16)10-13(2)5-7-14(19)20;2*1-12(2)15(20)7-5-13(3)9-17-19(11-18(22)23-17)10-14(4)6-8-16(19)21;1-13(2)6-5-7-14(3)10-17-19(12-18(21)22-17)11-15(4)8-9-16(19)20;1-11(4-7-14-17(2,3)23-14)8-15-18(10-16(21)22-15)9-12(19)5-6-13(18)20/h5,7,9,13,15-16H,6,8,10-11H2,1-4H3;6,8-9,14-15,17,20H,1,5,7,10-11H2,2-4H3;6,8-9,14,17H,1,5,7,10-11H2,2-4H3;6,8-10,15-17,20H,5,7,11-12H2,1-4H3;5-6,8,12,14-15,19H,4,7,9-10H2,1-3H3/b12-9+;2*13-9+;14-10+;11-8+/t13-,15?,16-,19?;14-,15?,17-,19?;14-,17-,19?;15-,16-,17-,19?;12-,14?,15-,18?/m11111/s1. The van der Waals surface area contributed by atoms with E-state index >= 15 is 0 Å². The minimum atomic E-state index is -0.943. The molecular weight excluding hydrogens is 1450 g/mol. The number of aliphatic hydroxyl groups is 3. The molecule has 7 heterocycles. The summed E-state index contributed by atoms with van der Waals surface area (Å²) >= 11 is 0. The van der Waals surface area contributed by atoms with Gasteiger partial charge in [0, 0.05) is 6.42 Å². The molecule has 7 fully saturated rings. The van der Waals surface area contributed by atoms with Crippen LogP contribution in [0.4, 0.5) is 0 Å². The number of ether oxygens (including phenoxy) is 7. The van der Waals surface area contributed by atoms with Gasteiger partial charge in [0.05, 0.1) is 101 Å². The van der Waals surface area contributed by atoms with Crippen LogP contribution in [0, 0.1) is 50.7 Å². The highest BCUT2D eigenvalue weighted by molar-refractivity contribution is 6.03. The second kappa shape index (κ2) is 38.0. The van der Waals surface area contributed by atoms with Crippen molar-refractivity contribution >= 4 is 58.8 Å². The summed E-state index contributed by atoms with van der Waals surface area (Å²) < 4.78 is 38.5. The molecule has 12 rings (SSSR count). The fourth-order valence-corrected chi connectivity index (χ4v) is 17.7. The Morgan fingerprint density at radius 1 is 0.439 bits per heavy atom. The summed E-state index contributed by atoms with van der Waals surface area (Å²) in [5, 5.41) is 30.2. The quantitative estimate of drug-likeness (QED) is 0.0298. The summed E-state index contributed by atoms with van der Waals surface area (Å²) in [6, 6.07) is 0. The lowest BCUT2D eigenvalue weighted by Crippen LogP contribution is -2.43. The van der Waals surface area contributed by atoms with Crippen molar-refractivity contribution < 1.29 is 96.4 Å². The van der Waals surface area contributed by atoms with Gasteiger partial charge in [-0.3, -0.25) is 47.9 Å². The van der Waals surface area contributed by atoms with Crippen LogP contribution in [0.2, 0.25) is 0 Å². The molecule has 0 aromatic heterocycles. The first-order chi connectivity index (χ1) is 53.3. The summed E-state index contributed by atoms with van der Waals surface area (Å²) in [6.07, 6.45) is 37.1.